The van der Waals surface area contributed by atoms with Crippen molar-refractivity contribution in [2.24, 2.45) is 5.92 Å². The molecule has 2 amide bonds. The monoisotopic (exact) mass is 380 g/mol. The van der Waals surface area contributed by atoms with E-state index < -0.39 is 0 Å². The first-order chi connectivity index (χ1) is 12.5. The molecule has 1 aliphatic rings. The Balaban J connectivity index is 1.70. The van der Waals surface area contributed by atoms with Crippen LogP contribution in [0.25, 0.3) is 0 Å². The van der Waals surface area contributed by atoms with Crippen LogP contribution in [0.2, 0.25) is 5.02 Å². The zero-order chi connectivity index (χ0) is 18.9. The number of carbonyl (C=O) groups is 3. The maximum Gasteiger partial charge on any atom is 0.310 e. The molecule has 1 fully saturated rings. The lowest BCUT2D eigenvalue weighted by Gasteiger charge is -2.31. The SMILES string of the molecule is CCOC(=O)[C@@H]1CCCN(C(=O)CCCNC(=O)c2ccc(Cl)cc2)C1. The van der Waals surface area contributed by atoms with Crippen LogP contribution in [0.5, 0.6) is 0 Å². The van der Waals surface area contributed by atoms with Crippen molar-refractivity contribution >= 4 is 29.4 Å². The summed E-state index contributed by atoms with van der Waals surface area (Å²) in [6.45, 7) is 3.65. The predicted octanol–water partition coefficient (Wildman–Crippen LogP) is 2.65. The topological polar surface area (TPSA) is 75.7 Å². The van der Waals surface area contributed by atoms with Gasteiger partial charge in [0, 0.05) is 36.6 Å². The lowest BCUT2D eigenvalue weighted by atomic mass is 9.98. The smallest absolute Gasteiger partial charge is 0.310 e. The van der Waals surface area contributed by atoms with Gasteiger partial charge in [-0.25, -0.2) is 0 Å². The van der Waals surface area contributed by atoms with Crippen molar-refractivity contribution < 1.29 is 19.1 Å². The Morgan fingerprint density at radius 1 is 1.27 bits per heavy atom. The molecule has 142 valence electrons. The van der Waals surface area contributed by atoms with Gasteiger partial charge in [-0.1, -0.05) is 11.6 Å². The van der Waals surface area contributed by atoms with Crippen molar-refractivity contribution in [1.29, 1.82) is 0 Å². The fourth-order valence-electron chi connectivity index (χ4n) is 2.96. The molecular formula is C19H25ClN2O4. The molecule has 1 atom stereocenters. The Hall–Kier alpha value is -2.08. The number of hydrogen-bond acceptors (Lipinski definition) is 4. The summed E-state index contributed by atoms with van der Waals surface area (Å²) in [4.78, 5) is 37.9. The Bertz CT molecular complexity index is 633. The van der Waals surface area contributed by atoms with Crippen LogP contribution in [0, 0.1) is 5.92 Å². The van der Waals surface area contributed by atoms with E-state index in [1.54, 1.807) is 36.1 Å². The second-order valence-electron chi connectivity index (χ2n) is 6.30. The van der Waals surface area contributed by atoms with Crippen molar-refractivity contribution in [3.8, 4) is 0 Å². The number of nitrogens with zero attached hydrogens (tertiary/aromatic N) is 1. The van der Waals surface area contributed by atoms with Crippen LogP contribution in [-0.4, -0.2) is 48.9 Å². The van der Waals surface area contributed by atoms with E-state index in [-0.39, 0.29) is 23.7 Å². The van der Waals surface area contributed by atoms with Crippen LogP contribution in [0.3, 0.4) is 0 Å². The summed E-state index contributed by atoms with van der Waals surface area (Å²) in [6.07, 6.45) is 2.47. The van der Waals surface area contributed by atoms with Crippen LogP contribution < -0.4 is 5.32 Å². The van der Waals surface area contributed by atoms with Crippen molar-refractivity contribution in [3.05, 3.63) is 34.9 Å². The Morgan fingerprint density at radius 2 is 2.00 bits per heavy atom. The van der Waals surface area contributed by atoms with Crippen LogP contribution in [0.1, 0.15) is 43.0 Å². The first-order valence-corrected chi connectivity index (χ1v) is 9.37. The second-order valence-corrected chi connectivity index (χ2v) is 6.73. The average molecular weight is 381 g/mol. The summed E-state index contributed by atoms with van der Waals surface area (Å²) in [7, 11) is 0. The van der Waals surface area contributed by atoms with Crippen molar-refractivity contribution in [2.75, 3.05) is 26.2 Å². The van der Waals surface area contributed by atoms with E-state index in [1.807, 2.05) is 0 Å². The number of rotatable bonds is 7. The maximum atomic E-state index is 12.3. The molecule has 1 N–H and O–H groups in total. The fourth-order valence-corrected chi connectivity index (χ4v) is 3.09. The van der Waals surface area contributed by atoms with Gasteiger partial charge >= 0.3 is 5.97 Å². The lowest BCUT2D eigenvalue weighted by Crippen LogP contribution is -2.43. The van der Waals surface area contributed by atoms with Gasteiger partial charge in [0.25, 0.3) is 5.91 Å². The number of esters is 1. The highest BCUT2D eigenvalue weighted by Crippen LogP contribution is 2.19. The molecule has 2 rings (SSSR count). The number of nitrogens with one attached hydrogen (secondary N) is 1. The number of hydrogen-bond donors (Lipinski definition) is 1. The molecule has 6 nitrogen and oxygen atoms in total. The fraction of sp³-hybridized carbons (Fsp3) is 0.526. The van der Waals surface area contributed by atoms with Gasteiger partial charge in [-0.05, 0) is 50.5 Å². The van der Waals surface area contributed by atoms with E-state index in [0.29, 0.717) is 49.7 Å². The molecule has 1 saturated heterocycles. The molecule has 0 aliphatic carbocycles. The number of ether oxygens (including phenoxy) is 1. The van der Waals surface area contributed by atoms with Gasteiger partial charge in [0.1, 0.15) is 0 Å². The molecule has 1 aromatic carbocycles. The quantitative estimate of drug-likeness (QED) is 0.582. The zero-order valence-corrected chi connectivity index (χ0v) is 15.8. The molecule has 0 spiro atoms. The minimum atomic E-state index is -0.225. The Labute approximate surface area is 158 Å². The molecule has 0 aromatic heterocycles. The van der Waals surface area contributed by atoms with Crippen molar-refractivity contribution in [1.82, 2.24) is 10.2 Å². The standard InChI is InChI=1S/C19H25ClN2O4/c1-2-26-19(25)15-5-4-12-22(13-15)17(23)6-3-11-21-18(24)14-7-9-16(20)10-8-14/h7-10,15H,2-6,11-13H2,1H3,(H,21,24)/t15-/m1/s1. The average Bonchev–Trinajstić information content (AvgIpc) is 2.65. The zero-order valence-electron chi connectivity index (χ0n) is 15.0. The third-order valence-electron chi connectivity index (χ3n) is 4.35. The van der Waals surface area contributed by atoms with E-state index >= 15 is 0 Å². The molecule has 0 unspecified atom stereocenters. The number of benzene rings is 1. The first kappa shape index (κ1) is 20.2. The van der Waals surface area contributed by atoms with Gasteiger partial charge < -0.3 is 15.0 Å². The van der Waals surface area contributed by atoms with Gasteiger partial charge in [0.15, 0.2) is 0 Å². The third kappa shape index (κ3) is 6.02. The summed E-state index contributed by atoms with van der Waals surface area (Å²) < 4.78 is 5.05. The summed E-state index contributed by atoms with van der Waals surface area (Å²) in [6, 6.07) is 6.64. The van der Waals surface area contributed by atoms with Gasteiger partial charge in [-0.2, -0.15) is 0 Å². The highest BCUT2D eigenvalue weighted by molar-refractivity contribution is 6.30. The van der Waals surface area contributed by atoms with Crippen LogP contribution in [-0.2, 0) is 14.3 Å². The Kier molecular flexibility index (Phi) is 7.91. The number of carbonyl (C=O) groups excluding carboxylic acids is 3. The van der Waals surface area contributed by atoms with Crippen LogP contribution in [0.15, 0.2) is 24.3 Å². The second kappa shape index (κ2) is 10.2. The molecule has 1 aromatic rings. The number of piperidine rings is 1. The van der Waals surface area contributed by atoms with Crippen molar-refractivity contribution in [2.45, 2.75) is 32.6 Å². The normalized spacial score (nSPS) is 16.8. The van der Waals surface area contributed by atoms with Gasteiger partial charge in [-0.3, -0.25) is 14.4 Å². The van der Waals surface area contributed by atoms with Gasteiger partial charge in [0.2, 0.25) is 5.91 Å². The number of halogens is 1. The molecule has 1 heterocycles. The molecule has 1 aliphatic heterocycles. The van der Waals surface area contributed by atoms with Gasteiger partial charge in [-0.15, -0.1) is 0 Å². The minimum Gasteiger partial charge on any atom is -0.466 e. The van der Waals surface area contributed by atoms with Crippen LogP contribution >= 0.6 is 11.6 Å². The van der Waals surface area contributed by atoms with E-state index in [2.05, 4.69) is 5.32 Å². The largest absolute Gasteiger partial charge is 0.466 e. The number of amides is 2. The van der Waals surface area contributed by atoms with Gasteiger partial charge in [0.05, 0.1) is 12.5 Å². The minimum absolute atomic E-state index is 0.0136. The van der Waals surface area contributed by atoms with Crippen LogP contribution in [0.4, 0.5) is 0 Å². The highest BCUT2D eigenvalue weighted by atomic mass is 35.5. The molecular weight excluding hydrogens is 356 g/mol. The maximum absolute atomic E-state index is 12.3. The van der Waals surface area contributed by atoms with E-state index in [1.165, 1.54) is 0 Å². The number of likely N-dealkylation sites (tertiary alicyclic amines) is 1. The molecule has 7 heteroatoms. The lowest BCUT2D eigenvalue weighted by molar-refractivity contribution is -0.151. The van der Waals surface area contributed by atoms with Crippen molar-refractivity contribution in [3.63, 3.8) is 0 Å². The Morgan fingerprint density at radius 3 is 2.69 bits per heavy atom. The molecule has 0 saturated carbocycles. The predicted molar refractivity (Wildman–Crippen MR) is 99.0 cm³/mol. The molecule has 26 heavy (non-hydrogen) atoms. The first-order valence-electron chi connectivity index (χ1n) is 8.99. The summed E-state index contributed by atoms with van der Waals surface area (Å²) in [5, 5.41) is 3.37. The molecule has 0 bridgehead atoms. The highest BCUT2D eigenvalue weighted by Gasteiger charge is 2.28. The van der Waals surface area contributed by atoms with E-state index in [4.69, 9.17) is 16.3 Å². The molecule has 0 radical (unpaired) electrons. The summed E-state index contributed by atoms with van der Waals surface area (Å²) >= 11 is 5.80. The van der Waals surface area contributed by atoms with E-state index in [9.17, 15) is 14.4 Å². The van der Waals surface area contributed by atoms with E-state index in [0.717, 1.165) is 12.8 Å². The summed E-state index contributed by atoms with van der Waals surface area (Å²) in [5.41, 5.74) is 0.536. The summed E-state index contributed by atoms with van der Waals surface area (Å²) in [5.74, 6) is -0.619. The third-order valence-corrected chi connectivity index (χ3v) is 4.61.